The van der Waals surface area contributed by atoms with Crippen molar-refractivity contribution in [2.24, 2.45) is 0 Å². The molecule has 0 bridgehead atoms. The maximum atomic E-state index is 13.1. The summed E-state index contributed by atoms with van der Waals surface area (Å²) in [6.07, 6.45) is 1.28. The number of thiocarbonyl (C=S) groups is 1. The third-order valence-corrected chi connectivity index (χ3v) is 5.07. The summed E-state index contributed by atoms with van der Waals surface area (Å²) in [6, 6.07) is 15.9. The van der Waals surface area contributed by atoms with Crippen LogP contribution in [0.3, 0.4) is 0 Å². The number of ether oxygens (including phenoxy) is 1. The number of hydrogen-bond acceptors (Lipinski definition) is 7. The number of carbonyl (C=O) groups excluding carboxylic acids is 2. The van der Waals surface area contributed by atoms with Gasteiger partial charge in [0.2, 0.25) is 0 Å². The maximum absolute atomic E-state index is 13.1. The molecule has 1 saturated heterocycles. The number of furan rings is 1. The van der Waals surface area contributed by atoms with Crippen molar-refractivity contribution in [2.45, 2.75) is 6.92 Å². The van der Waals surface area contributed by atoms with Crippen LogP contribution in [0.1, 0.15) is 12.7 Å². The minimum atomic E-state index is -0.671. The van der Waals surface area contributed by atoms with E-state index in [-0.39, 0.29) is 33.5 Å². The zero-order valence-corrected chi connectivity index (χ0v) is 18.1. The second-order valence-electron chi connectivity index (χ2n) is 6.86. The summed E-state index contributed by atoms with van der Waals surface area (Å²) in [5.41, 5.74) is 0.425. The Kier molecular flexibility index (Phi) is 6.01. The van der Waals surface area contributed by atoms with Crippen LogP contribution >= 0.6 is 12.2 Å². The second kappa shape index (κ2) is 9.05. The van der Waals surface area contributed by atoms with Gasteiger partial charge in [0.1, 0.15) is 22.8 Å². The first-order valence-electron chi connectivity index (χ1n) is 9.87. The van der Waals surface area contributed by atoms with E-state index in [4.69, 9.17) is 21.4 Å². The summed E-state index contributed by atoms with van der Waals surface area (Å²) in [7, 11) is 0. The number of nitrogens with zero attached hydrogens (tertiary/aromatic N) is 2. The van der Waals surface area contributed by atoms with Gasteiger partial charge in [-0.1, -0.05) is 12.1 Å². The van der Waals surface area contributed by atoms with Gasteiger partial charge in [-0.2, -0.15) is 0 Å². The zero-order chi connectivity index (χ0) is 23.5. The molecule has 0 unspecified atom stereocenters. The van der Waals surface area contributed by atoms with Crippen LogP contribution in [0, 0.1) is 10.1 Å². The van der Waals surface area contributed by atoms with Crippen molar-refractivity contribution in [1.29, 1.82) is 0 Å². The van der Waals surface area contributed by atoms with Gasteiger partial charge in [-0.15, -0.1) is 0 Å². The Morgan fingerprint density at radius 2 is 1.85 bits per heavy atom. The van der Waals surface area contributed by atoms with E-state index >= 15 is 0 Å². The Hall–Kier alpha value is -4.31. The summed E-state index contributed by atoms with van der Waals surface area (Å²) in [5.74, 6) is -0.250. The van der Waals surface area contributed by atoms with Crippen LogP contribution < -0.4 is 15.0 Å². The standard InChI is InChI=1S/C23H17N3O6S/c1-2-31-15-9-7-14(8-10-15)25-22(28)18(21(27)24-23(25)33)13-16-11-12-20(32-16)17-5-3-4-6-19(17)26(29)30/h3-13H,2H2,1H3,(H,24,27,33). The van der Waals surface area contributed by atoms with Crippen LogP contribution in [0.4, 0.5) is 11.4 Å². The van der Waals surface area contributed by atoms with Crippen molar-refractivity contribution < 1.29 is 23.7 Å². The molecule has 3 aromatic rings. The Morgan fingerprint density at radius 3 is 2.55 bits per heavy atom. The SMILES string of the molecule is CCOc1ccc(N2C(=O)C(=Cc3ccc(-c4ccccc4[N+](=O)[O-])o3)C(=O)NC2=S)cc1. The molecule has 1 fully saturated rings. The number of rotatable bonds is 6. The van der Waals surface area contributed by atoms with Gasteiger partial charge in [0, 0.05) is 6.07 Å². The molecule has 4 rings (SSSR count). The number of para-hydroxylation sites is 1. The summed E-state index contributed by atoms with van der Waals surface area (Å²) in [4.78, 5) is 37.6. The van der Waals surface area contributed by atoms with Gasteiger partial charge in [0.25, 0.3) is 17.5 Å². The van der Waals surface area contributed by atoms with E-state index in [9.17, 15) is 19.7 Å². The first-order valence-corrected chi connectivity index (χ1v) is 10.3. The Bertz CT molecular complexity index is 1300. The van der Waals surface area contributed by atoms with Crippen LogP contribution in [0.15, 0.2) is 70.7 Å². The largest absolute Gasteiger partial charge is 0.494 e. The number of nitrogens with one attached hydrogen (secondary N) is 1. The molecular formula is C23H17N3O6S. The molecule has 2 aromatic carbocycles. The summed E-state index contributed by atoms with van der Waals surface area (Å²) in [5, 5.41) is 13.7. The average Bonchev–Trinajstić information content (AvgIpc) is 3.26. The Balaban J connectivity index is 1.65. The molecule has 0 radical (unpaired) electrons. The van der Waals surface area contributed by atoms with Crippen molar-refractivity contribution >= 4 is 46.6 Å². The third kappa shape index (κ3) is 4.37. The van der Waals surface area contributed by atoms with Crippen LogP contribution in [-0.2, 0) is 9.59 Å². The summed E-state index contributed by atoms with van der Waals surface area (Å²) < 4.78 is 11.1. The molecule has 0 atom stereocenters. The molecule has 0 aliphatic carbocycles. The predicted molar refractivity (Wildman–Crippen MR) is 125 cm³/mol. The lowest BCUT2D eigenvalue weighted by molar-refractivity contribution is -0.384. The molecule has 10 heteroatoms. The number of anilines is 1. The van der Waals surface area contributed by atoms with Crippen LogP contribution in [0.2, 0.25) is 0 Å². The van der Waals surface area contributed by atoms with Crippen molar-refractivity contribution in [3.8, 4) is 17.1 Å². The number of benzene rings is 2. The topological polar surface area (TPSA) is 115 Å². The van der Waals surface area contributed by atoms with Crippen molar-refractivity contribution in [2.75, 3.05) is 11.5 Å². The van der Waals surface area contributed by atoms with Crippen LogP contribution in [0.5, 0.6) is 5.75 Å². The van der Waals surface area contributed by atoms with Gasteiger partial charge in [-0.05, 0) is 67.7 Å². The highest BCUT2D eigenvalue weighted by Crippen LogP contribution is 2.32. The lowest BCUT2D eigenvalue weighted by atomic mass is 10.1. The van der Waals surface area contributed by atoms with Crippen molar-refractivity contribution in [3.63, 3.8) is 0 Å². The van der Waals surface area contributed by atoms with Crippen molar-refractivity contribution in [1.82, 2.24) is 5.32 Å². The fourth-order valence-electron chi connectivity index (χ4n) is 3.31. The normalized spacial score (nSPS) is 15.0. The second-order valence-corrected chi connectivity index (χ2v) is 7.25. The maximum Gasteiger partial charge on any atom is 0.280 e. The van der Waals surface area contributed by atoms with E-state index in [0.29, 0.717) is 18.0 Å². The number of nitro benzene ring substituents is 1. The predicted octanol–water partition coefficient (Wildman–Crippen LogP) is 4.08. The fraction of sp³-hybridized carbons (Fsp3) is 0.0870. The number of carbonyl (C=O) groups is 2. The minimum absolute atomic E-state index is 0.0497. The van der Waals surface area contributed by atoms with Crippen molar-refractivity contribution in [3.05, 3.63) is 82.1 Å². The lowest BCUT2D eigenvalue weighted by Gasteiger charge is -2.28. The van der Waals surface area contributed by atoms with E-state index in [1.807, 2.05) is 6.92 Å². The van der Waals surface area contributed by atoms with E-state index in [2.05, 4.69) is 5.32 Å². The van der Waals surface area contributed by atoms with Gasteiger partial charge >= 0.3 is 0 Å². The summed E-state index contributed by atoms with van der Waals surface area (Å²) in [6.45, 7) is 2.36. The molecule has 1 N–H and O–H groups in total. The summed E-state index contributed by atoms with van der Waals surface area (Å²) >= 11 is 5.20. The molecule has 33 heavy (non-hydrogen) atoms. The van der Waals surface area contributed by atoms with E-state index in [1.165, 1.54) is 29.2 Å². The van der Waals surface area contributed by atoms with Gasteiger partial charge in [0.15, 0.2) is 5.11 Å². The first-order chi connectivity index (χ1) is 15.9. The monoisotopic (exact) mass is 463 g/mol. The average molecular weight is 463 g/mol. The first kappa shape index (κ1) is 21.9. The molecular weight excluding hydrogens is 446 g/mol. The fourth-order valence-corrected chi connectivity index (χ4v) is 3.59. The Morgan fingerprint density at radius 1 is 1.12 bits per heavy atom. The van der Waals surface area contributed by atoms with Gasteiger partial charge in [-0.3, -0.25) is 29.9 Å². The number of amides is 2. The molecule has 0 saturated carbocycles. The van der Waals surface area contributed by atoms with Crippen LogP contribution in [0.25, 0.3) is 17.4 Å². The third-order valence-electron chi connectivity index (χ3n) is 4.79. The number of hydrogen-bond donors (Lipinski definition) is 1. The van der Waals surface area contributed by atoms with Gasteiger partial charge in [-0.25, -0.2) is 0 Å². The molecule has 0 spiro atoms. The molecule has 1 aliphatic rings. The van der Waals surface area contributed by atoms with Gasteiger partial charge in [0.05, 0.1) is 22.8 Å². The van der Waals surface area contributed by atoms with Crippen LogP contribution in [-0.4, -0.2) is 28.5 Å². The highest BCUT2D eigenvalue weighted by molar-refractivity contribution is 7.80. The highest BCUT2D eigenvalue weighted by Gasteiger charge is 2.34. The van der Waals surface area contributed by atoms with Gasteiger partial charge < -0.3 is 9.15 Å². The molecule has 9 nitrogen and oxygen atoms in total. The minimum Gasteiger partial charge on any atom is -0.494 e. The smallest absolute Gasteiger partial charge is 0.280 e. The number of nitro groups is 1. The molecule has 1 aromatic heterocycles. The molecule has 166 valence electrons. The van der Waals surface area contributed by atoms with E-state index in [1.54, 1.807) is 42.5 Å². The van der Waals surface area contributed by atoms with E-state index in [0.717, 1.165) is 0 Å². The Labute approximate surface area is 193 Å². The highest BCUT2D eigenvalue weighted by atomic mass is 32.1. The quantitative estimate of drug-likeness (QED) is 0.193. The zero-order valence-electron chi connectivity index (χ0n) is 17.3. The van der Waals surface area contributed by atoms with E-state index < -0.39 is 16.7 Å². The molecule has 2 amide bonds. The lowest BCUT2D eigenvalue weighted by Crippen LogP contribution is -2.54. The molecule has 2 heterocycles. The molecule has 1 aliphatic heterocycles.